The van der Waals surface area contributed by atoms with Crippen LogP contribution in [0.4, 0.5) is 0 Å². The summed E-state index contributed by atoms with van der Waals surface area (Å²) in [5.74, 6) is 0. The van der Waals surface area contributed by atoms with Gasteiger partial charge in [0.15, 0.2) is 11.2 Å². The molecule has 0 N–H and O–H groups in total. The predicted octanol–water partition coefficient (Wildman–Crippen LogP) is 10.6. The molecule has 2 aliphatic rings. The number of hydrogen-bond acceptors (Lipinski definition) is 3. The van der Waals surface area contributed by atoms with Crippen LogP contribution < -0.4 is 0 Å². The second-order valence-corrected chi connectivity index (χ2v) is 12.4. The van der Waals surface area contributed by atoms with Crippen molar-refractivity contribution in [2.24, 2.45) is 0 Å². The minimum Gasteiger partial charge on any atom is -0.309 e. The van der Waals surface area contributed by atoms with Crippen molar-refractivity contribution < 1.29 is 13.6 Å². The molecule has 1 fully saturated rings. The van der Waals surface area contributed by atoms with Crippen LogP contribution >= 0.6 is 8.60 Å². The summed E-state index contributed by atoms with van der Waals surface area (Å²) in [6.45, 7) is 0. The average molecular weight is 577 g/mol. The van der Waals surface area contributed by atoms with Crippen LogP contribution in [-0.4, -0.2) is 6.10 Å². The molecule has 1 atom stereocenters. The Kier molecular flexibility index (Phi) is 9.63. The van der Waals surface area contributed by atoms with E-state index in [1.807, 2.05) is 0 Å². The van der Waals surface area contributed by atoms with Crippen LogP contribution in [0.25, 0.3) is 0 Å². The summed E-state index contributed by atoms with van der Waals surface area (Å²) in [6.07, 6.45) is 15.3. The van der Waals surface area contributed by atoms with Crippen molar-refractivity contribution in [1.82, 2.24) is 0 Å². The third kappa shape index (κ3) is 5.90. The molecule has 0 aromatic heterocycles. The maximum atomic E-state index is 7.32. The molecule has 1 unspecified atom stereocenters. The number of rotatable bonds is 6. The Balaban J connectivity index is 1.50. The molecule has 1 heterocycles. The maximum Gasteiger partial charge on any atom is 0.335 e. The summed E-state index contributed by atoms with van der Waals surface area (Å²) in [5, 5.41) is 0. The highest BCUT2D eigenvalue weighted by Gasteiger charge is 2.66. The molecule has 0 saturated carbocycles. The molecule has 0 spiro atoms. The predicted molar refractivity (Wildman–Crippen MR) is 172 cm³/mol. The Morgan fingerprint density at radius 1 is 0.500 bits per heavy atom. The van der Waals surface area contributed by atoms with Crippen molar-refractivity contribution in [2.75, 3.05) is 0 Å². The average Bonchev–Trinajstić information content (AvgIpc) is 3.41. The molecule has 1 aliphatic carbocycles. The van der Waals surface area contributed by atoms with Gasteiger partial charge in [-0.3, -0.25) is 9.05 Å². The maximum absolute atomic E-state index is 7.32. The highest BCUT2D eigenvalue weighted by Crippen LogP contribution is 2.70. The van der Waals surface area contributed by atoms with Gasteiger partial charge in [0.2, 0.25) is 0 Å². The van der Waals surface area contributed by atoms with Crippen molar-refractivity contribution in [1.29, 1.82) is 0 Å². The first-order chi connectivity index (χ1) is 20.8. The minimum absolute atomic E-state index is 0.0402. The van der Waals surface area contributed by atoms with Gasteiger partial charge in [-0.15, -0.1) is 0 Å². The van der Waals surface area contributed by atoms with Gasteiger partial charge in [-0.05, 0) is 47.9 Å². The first kappa shape index (κ1) is 29.0. The van der Waals surface area contributed by atoms with E-state index in [9.17, 15) is 0 Å². The zero-order valence-corrected chi connectivity index (χ0v) is 25.2. The van der Waals surface area contributed by atoms with Crippen molar-refractivity contribution in [3.63, 3.8) is 0 Å². The lowest BCUT2D eigenvalue weighted by Gasteiger charge is -2.43. The van der Waals surface area contributed by atoms with Gasteiger partial charge < -0.3 is 4.52 Å². The summed E-state index contributed by atoms with van der Waals surface area (Å²) < 4.78 is 21.6. The first-order valence-electron chi connectivity index (χ1n) is 15.6. The van der Waals surface area contributed by atoms with Crippen molar-refractivity contribution in [3.8, 4) is 0 Å². The van der Waals surface area contributed by atoms with Crippen molar-refractivity contribution >= 4 is 8.60 Å². The highest BCUT2D eigenvalue weighted by atomic mass is 31.2. The molecule has 6 rings (SSSR count). The molecule has 0 amide bonds. The van der Waals surface area contributed by atoms with Crippen LogP contribution in [0.5, 0.6) is 0 Å². The van der Waals surface area contributed by atoms with Crippen LogP contribution in [0.2, 0.25) is 0 Å². The molecule has 4 aromatic rings. The van der Waals surface area contributed by atoms with Gasteiger partial charge in [0.25, 0.3) is 0 Å². The lowest BCUT2D eigenvalue weighted by molar-refractivity contribution is 0.00370. The molecule has 4 heteroatoms. The van der Waals surface area contributed by atoms with Gasteiger partial charge in [-0.1, -0.05) is 166 Å². The molecule has 4 aromatic carbocycles. The molecule has 216 valence electrons. The SMILES string of the molecule is C1=CCC(OP2OC(c3ccccc3)(c3ccccc3)C(c3ccccc3)(c3ccccc3)O2)CCCCCCCC1. The van der Waals surface area contributed by atoms with E-state index >= 15 is 0 Å². The molecular weight excluding hydrogens is 535 g/mol. The van der Waals surface area contributed by atoms with E-state index in [0.29, 0.717) is 0 Å². The van der Waals surface area contributed by atoms with Crippen LogP contribution in [0, 0.1) is 0 Å². The summed E-state index contributed by atoms with van der Waals surface area (Å²) in [5.41, 5.74) is 2.19. The topological polar surface area (TPSA) is 27.7 Å². The molecule has 1 aliphatic heterocycles. The van der Waals surface area contributed by atoms with E-state index in [0.717, 1.165) is 47.9 Å². The Labute approximate surface area is 252 Å². The molecule has 42 heavy (non-hydrogen) atoms. The van der Waals surface area contributed by atoms with Gasteiger partial charge in [0.05, 0.1) is 6.10 Å². The Morgan fingerprint density at radius 3 is 1.36 bits per heavy atom. The van der Waals surface area contributed by atoms with E-state index in [2.05, 4.69) is 133 Å². The van der Waals surface area contributed by atoms with Gasteiger partial charge in [0, 0.05) is 0 Å². The van der Waals surface area contributed by atoms with Crippen LogP contribution in [0.15, 0.2) is 133 Å². The fourth-order valence-corrected chi connectivity index (χ4v) is 8.19. The Hall–Kier alpha value is -3.07. The second kappa shape index (κ2) is 13.9. The normalized spacial score (nSPS) is 21.3. The Morgan fingerprint density at radius 2 is 0.905 bits per heavy atom. The summed E-state index contributed by atoms with van der Waals surface area (Å²) in [4.78, 5) is 0. The summed E-state index contributed by atoms with van der Waals surface area (Å²) >= 11 is 0. The number of hydrogen-bond donors (Lipinski definition) is 0. The fraction of sp³-hybridized carbons (Fsp3) is 0.316. The standard InChI is InChI=1S/C38H41O3P/c1-2-4-6-20-30-36(31-21-7-5-3-1)39-42-40-37(32-22-12-8-13-23-32,33-24-14-9-15-25-33)38(41-42,34-26-16-10-17-27-34)35-28-18-11-19-29-35/h6,8-20,22-29,36H,1-5,7,21,30-31H2. The van der Waals surface area contributed by atoms with Gasteiger partial charge in [-0.25, -0.2) is 0 Å². The number of benzene rings is 4. The zero-order chi connectivity index (χ0) is 28.5. The highest BCUT2D eigenvalue weighted by molar-refractivity contribution is 7.42. The summed E-state index contributed by atoms with van der Waals surface area (Å²) in [7, 11) is -1.72. The van der Waals surface area contributed by atoms with Crippen molar-refractivity contribution in [2.45, 2.75) is 75.1 Å². The number of allylic oxidation sites excluding steroid dienone is 1. The molecule has 3 nitrogen and oxygen atoms in total. The van der Waals surface area contributed by atoms with E-state index in [4.69, 9.17) is 13.6 Å². The van der Waals surface area contributed by atoms with Gasteiger partial charge >= 0.3 is 8.60 Å². The van der Waals surface area contributed by atoms with E-state index in [1.165, 1.54) is 32.1 Å². The van der Waals surface area contributed by atoms with Crippen molar-refractivity contribution in [3.05, 3.63) is 156 Å². The van der Waals surface area contributed by atoms with Gasteiger partial charge in [0.1, 0.15) is 0 Å². The zero-order valence-electron chi connectivity index (χ0n) is 24.3. The molecular formula is C38H41O3P. The van der Waals surface area contributed by atoms with Crippen LogP contribution in [-0.2, 0) is 24.8 Å². The van der Waals surface area contributed by atoms with E-state index < -0.39 is 19.8 Å². The first-order valence-corrected chi connectivity index (χ1v) is 16.6. The van der Waals surface area contributed by atoms with Crippen LogP contribution in [0.3, 0.4) is 0 Å². The quantitative estimate of drug-likeness (QED) is 0.169. The Bertz CT molecular complexity index is 1220. The third-order valence-corrected chi connectivity index (χ3v) is 9.90. The third-order valence-electron chi connectivity index (χ3n) is 8.59. The largest absolute Gasteiger partial charge is 0.335 e. The lowest BCUT2D eigenvalue weighted by atomic mass is 9.66. The van der Waals surface area contributed by atoms with E-state index in [-0.39, 0.29) is 6.10 Å². The van der Waals surface area contributed by atoms with E-state index in [1.54, 1.807) is 0 Å². The second-order valence-electron chi connectivity index (χ2n) is 11.4. The van der Waals surface area contributed by atoms with Crippen LogP contribution in [0.1, 0.15) is 80.0 Å². The van der Waals surface area contributed by atoms with Gasteiger partial charge in [-0.2, -0.15) is 0 Å². The fourth-order valence-electron chi connectivity index (χ4n) is 6.50. The molecule has 0 bridgehead atoms. The monoisotopic (exact) mass is 576 g/mol. The molecule has 0 radical (unpaired) electrons. The summed E-state index contributed by atoms with van der Waals surface area (Å²) in [6, 6.07) is 42.2. The lowest BCUT2D eigenvalue weighted by Crippen LogP contribution is -2.48. The smallest absolute Gasteiger partial charge is 0.309 e. The minimum atomic E-state index is -1.72. The molecule has 1 saturated heterocycles.